The number of nitrogens with one attached hydrogen (secondary N) is 2. The molecule has 0 aromatic heterocycles. The molecule has 2 saturated heterocycles. The van der Waals surface area contributed by atoms with Gasteiger partial charge in [-0.25, -0.2) is 0 Å². The Balaban J connectivity index is 1.88. The lowest BCUT2D eigenvalue weighted by atomic mass is 9.98. The summed E-state index contributed by atoms with van der Waals surface area (Å²) in [6, 6.07) is -0.157. The molecule has 0 aromatic carbocycles. The summed E-state index contributed by atoms with van der Waals surface area (Å²) < 4.78 is 0. The number of carbonyl (C=O) groups is 2. The first-order valence-electron chi connectivity index (χ1n) is 6.68. The summed E-state index contributed by atoms with van der Waals surface area (Å²) in [6.07, 6.45) is 4.28. The highest BCUT2D eigenvalue weighted by molar-refractivity contribution is 5.84. The zero-order valence-electron chi connectivity index (χ0n) is 10.6. The van der Waals surface area contributed by atoms with E-state index in [0.29, 0.717) is 13.0 Å². The molecular formula is C12H22N4O2. The van der Waals surface area contributed by atoms with Gasteiger partial charge in [0.1, 0.15) is 6.04 Å². The van der Waals surface area contributed by atoms with Crippen LogP contribution in [0.4, 0.5) is 0 Å². The lowest BCUT2D eigenvalue weighted by molar-refractivity contribution is -0.135. The van der Waals surface area contributed by atoms with E-state index in [4.69, 9.17) is 5.73 Å². The largest absolute Gasteiger partial charge is 0.350 e. The van der Waals surface area contributed by atoms with Gasteiger partial charge in [0.25, 0.3) is 0 Å². The number of carbonyl (C=O) groups excluding carboxylic acids is 2. The highest BCUT2D eigenvalue weighted by atomic mass is 16.2. The number of hydrogen-bond donors (Lipinski definition) is 3. The molecule has 2 amide bonds. The number of nitrogens with zero attached hydrogens (tertiary/aromatic N) is 1. The van der Waals surface area contributed by atoms with Gasteiger partial charge in [0.05, 0.1) is 0 Å². The minimum Gasteiger partial charge on any atom is -0.350 e. The molecule has 2 heterocycles. The fourth-order valence-electron chi connectivity index (χ4n) is 2.70. The molecule has 0 aliphatic carbocycles. The molecule has 2 rings (SSSR count). The van der Waals surface area contributed by atoms with Crippen molar-refractivity contribution in [3.8, 4) is 0 Å². The summed E-state index contributed by atoms with van der Waals surface area (Å²) in [5.74, 6) is -0.0392. The summed E-state index contributed by atoms with van der Waals surface area (Å²) >= 11 is 0. The second kappa shape index (κ2) is 6.15. The second-order valence-corrected chi connectivity index (χ2v) is 5.21. The van der Waals surface area contributed by atoms with Crippen LogP contribution < -0.4 is 16.4 Å². The number of rotatable bonds is 3. The van der Waals surface area contributed by atoms with Crippen LogP contribution in [0.3, 0.4) is 0 Å². The van der Waals surface area contributed by atoms with Crippen LogP contribution in [0.25, 0.3) is 0 Å². The molecule has 3 atom stereocenters. The third-order valence-electron chi connectivity index (χ3n) is 3.74. The van der Waals surface area contributed by atoms with E-state index >= 15 is 0 Å². The van der Waals surface area contributed by atoms with Gasteiger partial charge in [-0.3, -0.25) is 9.59 Å². The fraction of sp³-hybridized carbons (Fsp3) is 0.833. The fourth-order valence-corrected chi connectivity index (χ4v) is 2.70. The molecule has 2 aliphatic rings. The minimum atomic E-state index is -0.343. The van der Waals surface area contributed by atoms with Gasteiger partial charge in [0.15, 0.2) is 0 Å². The molecule has 2 aliphatic heterocycles. The molecule has 0 bridgehead atoms. The van der Waals surface area contributed by atoms with Gasteiger partial charge < -0.3 is 21.3 Å². The van der Waals surface area contributed by atoms with Crippen molar-refractivity contribution in [1.82, 2.24) is 15.5 Å². The van der Waals surface area contributed by atoms with Gasteiger partial charge >= 0.3 is 0 Å². The Morgan fingerprint density at radius 3 is 2.89 bits per heavy atom. The van der Waals surface area contributed by atoms with Crippen LogP contribution in [0.1, 0.15) is 25.7 Å². The molecule has 1 unspecified atom stereocenters. The highest BCUT2D eigenvalue weighted by Gasteiger charge is 2.31. The maximum absolute atomic E-state index is 12.2. The maximum Gasteiger partial charge on any atom is 0.243 e. The van der Waals surface area contributed by atoms with Crippen LogP contribution in [-0.2, 0) is 9.59 Å². The van der Waals surface area contributed by atoms with Crippen LogP contribution in [0, 0.1) is 0 Å². The zero-order valence-corrected chi connectivity index (χ0v) is 10.6. The van der Waals surface area contributed by atoms with Gasteiger partial charge in [0.2, 0.25) is 12.3 Å². The van der Waals surface area contributed by atoms with Gasteiger partial charge in [-0.15, -0.1) is 0 Å². The number of nitrogens with two attached hydrogens (primary N) is 1. The molecule has 0 radical (unpaired) electrons. The number of likely N-dealkylation sites (tertiary alicyclic amines) is 1. The summed E-state index contributed by atoms with van der Waals surface area (Å²) in [5.41, 5.74) is 5.81. The van der Waals surface area contributed by atoms with Crippen molar-refractivity contribution in [2.75, 3.05) is 19.6 Å². The Bertz CT molecular complexity index is 304. The van der Waals surface area contributed by atoms with E-state index in [9.17, 15) is 9.59 Å². The quantitative estimate of drug-likeness (QED) is 0.552. The van der Waals surface area contributed by atoms with Gasteiger partial charge in [0, 0.05) is 25.2 Å². The second-order valence-electron chi connectivity index (χ2n) is 5.21. The molecule has 18 heavy (non-hydrogen) atoms. The minimum absolute atomic E-state index is 0.00408. The lowest BCUT2D eigenvalue weighted by Crippen LogP contribution is -2.57. The Morgan fingerprint density at radius 1 is 1.39 bits per heavy atom. The lowest BCUT2D eigenvalue weighted by Gasteiger charge is -2.36. The van der Waals surface area contributed by atoms with E-state index < -0.39 is 0 Å². The molecule has 4 N–H and O–H groups in total. The third kappa shape index (κ3) is 3.20. The molecule has 0 aromatic rings. The van der Waals surface area contributed by atoms with Crippen molar-refractivity contribution in [2.24, 2.45) is 5.73 Å². The number of amides is 2. The van der Waals surface area contributed by atoms with Gasteiger partial charge in [-0.2, -0.15) is 0 Å². The molecule has 6 heteroatoms. The van der Waals surface area contributed by atoms with Crippen molar-refractivity contribution in [2.45, 2.75) is 43.8 Å². The smallest absolute Gasteiger partial charge is 0.243 e. The van der Waals surface area contributed by atoms with Crippen LogP contribution >= 0.6 is 0 Å². The predicted octanol–water partition coefficient (Wildman–Crippen LogP) is -1.20. The first-order valence-corrected chi connectivity index (χ1v) is 6.68. The molecular weight excluding hydrogens is 232 g/mol. The molecule has 2 fully saturated rings. The summed E-state index contributed by atoms with van der Waals surface area (Å²) in [4.78, 5) is 24.7. The van der Waals surface area contributed by atoms with Crippen LogP contribution in [0.15, 0.2) is 0 Å². The molecule has 0 saturated carbocycles. The summed E-state index contributed by atoms with van der Waals surface area (Å²) in [5, 5.41) is 6.28. The van der Waals surface area contributed by atoms with E-state index in [1.807, 2.05) is 0 Å². The standard InChI is InChI=1S/C12H22N4O2/c13-9-3-4-11(16(7-9)8-17)12(18)15-10-2-1-5-14-6-10/h8-11,14H,1-7,13H2,(H,15,18)/t9-,10?,11+/m1/s1. The van der Waals surface area contributed by atoms with Gasteiger partial charge in [-0.1, -0.05) is 0 Å². The predicted molar refractivity (Wildman–Crippen MR) is 67.8 cm³/mol. The topological polar surface area (TPSA) is 87.5 Å². The van der Waals surface area contributed by atoms with Crippen molar-refractivity contribution in [3.63, 3.8) is 0 Å². The van der Waals surface area contributed by atoms with Crippen molar-refractivity contribution in [3.05, 3.63) is 0 Å². The van der Waals surface area contributed by atoms with Crippen molar-refractivity contribution < 1.29 is 9.59 Å². The van der Waals surface area contributed by atoms with Crippen LogP contribution in [0.5, 0.6) is 0 Å². The molecule has 6 nitrogen and oxygen atoms in total. The Morgan fingerprint density at radius 2 is 2.22 bits per heavy atom. The SMILES string of the molecule is N[C@@H]1CC[C@@H](C(=O)NC2CCCNC2)N(C=O)C1. The van der Waals surface area contributed by atoms with E-state index in [1.54, 1.807) is 0 Å². The van der Waals surface area contributed by atoms with Gasteiger partial charge in [-0.05, 0) is 32.2 Å². The Kier molecular flexibility index (Phi) is 4.54. The van der Waals surface area contributed by atoms with E-state index in [1.165, 1.54) is 4.90 Å². The normalized spacial score (nSPS) is 32.9. The average molecular weight is 254 g/mol. The monoisotopic (exact) mass is 254 g/mol. The number of hydrogen-bond acceptors (Lipinski definition) is 4. The molecule has 102 valence electrons. The van der Waals surface area contributed by atoms with Crippen LogP contribution in [-0.4, -0.2) is 55.0 Å². The highest BCUT2D eigenvalue weighted by Crippen LogP contribution is 2.15. The summed E-state index contributed by atoms with van der Waals surface area (Å²) in [6.45, 7) is 2.31. The van der Waals surface area contributed by atoms with E-state index in [2.05, 4.69) is 10.6 Å². The molecule has 0 spiro atoms. The van der Waals surface area contributed by atoms with E-state index in [0.717, 1.165) is 38.8 Å². The Hall–Kier alpha value is -1.14. The first kappa shape index (κ1) is 13.3. The Labute approximate surface area is 107 Å². The number of piperidine rings is 2. The van der Waals surface area contributed by atoms with Crippen molar-refractivity contribution >= 4 is 12.3 Å². The van der Waals surface area contributed by atoms with Crippen LogP contribution in [0.2, 0.25) is 0 Å². The average Bonchev–Trinajstić information content (AvgIpc) is 2.39. The van der Waals surface area contributed by atoms with Crippen molar-refractivity contribution in [1.29, 1.82) is 0 Å². The van der Waals surface area contributed by atoms with E-state index in [-0.39, 0.29) is 24.0 Å². The first-order chi connectivity index (χ1) is 8.70. The maximum atomic E-state index is 12.2. The zero-order chi connectivity index (χ0) is 13.0. The summed E-state index contributed by atoms with van der Waals surface area (Å²) in [7, 11) is 0. The third-order valence-corrected chi connectivity index (χ3v) is 3.74.